The molecule has 1 aliphatic carbocycles. The molecule has 1 heterocycles. The van der Waals surface area contributed by atoms with E-state index in [1.807, 2.05) is 31.2 Å². The number of carbonyl (C=O) groups excluding carboxylic acids is 2. The number of amides is 2. The largest absolute Gasteiger partial charge is 0.480 e. The fourth-order valence-electron chi connectivity index (χ4n) is 4.82. The van der Waals surface area contributed by atoms with Gasteiger partial charge in [-0.2, -0.15) is 0 Å². The number of hydrogen-bond donors (Lipinski definition) is 2. The van der Waals surface area contributed by atoms with E-state index < -0.39 is 24.1 Å². The molecule has 2 atom stereocenters. The Bertz CT molecular complexity index is 1010. The van der Waals surface area contributed by atoms with E-state index in [-0.39, 0.29) is 38.0 Å². The van der Waals surface area contributed by atoms with Crippen LogP contribution < -0.4 is 5.32 Å². The van der Waals surface area contributed by atoms with E-state index in [9.17, 15) is 19.5 Å². The van der Waals surface area contributed by atoms with Crippen molar-refractivity contribution in [1.82, 2.24) is 10.2 Å². The van der Waals surface area contributed by atoms with Crippen LogP contribution in [0.25, 0.3) is 11.1 Å². The van der Waals surface area contributed by atoms with Gasteiger partial charge in [0.1, 0.15) is 6.61 Å². The Balaban J connectivity index is 1.37. The molecular weight excluding hydrogens is 436 g/mol. The van der Waals surface area contributed by atoms with Crippen molar-refractivity contribution in [2.45, 2.75) is 44.2 Å². The lowest BCUT2D eigenvalue weighted by Crippen LogP contribution is -2.53. The van der Waals surface area contributed by atoms with E-state index in [2.05, 4.69) is 29.6 Å². The van der Waals surface area contributed by atoms with Gasteiger partial charge >= 0.3 is 12.1 Å². The van der Waals surface area contributed by atoms with E-state index in [0.29, 0.717) is 13.0 Å². The van der Waals surface area contributed by atoms with Crippen molar-refractivity contribution >= 4 is 18.0 Å². The van der Waals surface area contributed by atoms with Crippen LogP contribution in [-0.4, -0.2) is 66.4 Å². The Morgan fingerprint density at radius 2 is 1.76 bits per heavy atom. The van der Waals surface area contributed by atoms with Crippen molar-refractivity contribution in [3.63, 3.8) is 0 Å². The summed E-state index contributed by atoms with van der Waals surface area (Å²) in [5.74, 6) is -1.45. The number of fused-ring (bicyclic) bond motifs is 3. The summed E-state index contributed by atoms with van der Waals surface area (Å²) in [4.78, 5) is 38.3. The number of alkyl carbamates (subject to hydrolysis) is 1. The Kier molecular flexibility index (Phi) is 7.47. The summed E-state index contributed by atoms with van der Waals surface area (Å²) in [7, 11) is 0. The van der Waals surface area contributed by atoms with Crippen LogP contribution in [0.4, 0.5) is 4.79 Å². The van der Waals surface area contributed by atoms with Crippen LogP contribution in [0, 0.1) is 0 Å². The van der Waals surface area contributed by atoms with E-state index >= 15 is 0 Å². The summed E-state index contributed by atoms with van der Waals surface area (Å²) in [6.07, 6.45) is 0.775. The van der Waals surface area contributed by atoms with Crippen molar-refractivity contribution in [3.8, 4) is 11.1 Å². The summed E-state index contributed by atoms with van der Waals surface area (Å²) in [5.41, 5.74) is 4.56. The van der Waals surface area contributed by atoms with Crippen LogP contribution in [0.3, 0.4) is 0 Å². The van der Waals surface area contributed by atoms with Gasteiger partial charge in [0.05, 0.1) is 13.2 Å². The quantitative estimate of drug-likeness (QED) is 0.618. The van der Waals surface area contributed by atoms with Gasteiger partial charge in [0.25, 0.3) is 0 Å². The normalized spacial score (nSPS) is 18.0. The second-order valence-electron chi connectivity index (χ2n) is 8.68. The number of carboxylic acid groups (broad SMARTS) is 1. The number of rotatable bonds is 8. The van der Waals surface area contributed by atoms with Gasteiger partial charge in [-0.1, -0.05) is 61.9 Å². The summed E-state index contributed by atoms with van der Waals surface area (Å²) >= 11 is 0. The van der Waals surface area contributed by atoms with Gasteiger partial charge in [0.15, 0.2) is 6.04 Å². The maximum Gasteiger partial charge on any atom is 0.407 e. The first-order chi connectivity index (χ1) is 16.5. The van der Waals surface area contributed by atoms with Crippen LogP contribution in [0.2, 0.25) is 0 Å². The Hall–Kier alpha value is -3.39. The third kappa shape index (κ3) is 5.07. The molecule has 2 N–H and O–H groups in total. The van der Waals surface area contributed by atoms with Crippen molar-refractivity contribution in [2.75, 3.05) is 26.4 Å². The first kappa shape index (κ1) is 23.8. The number of carbonyl (C=O) groups is 3. The molecule has 0 radical (unpaired) electrons. The number of morpholine rings is 1. The van der Waals surface area contributed by atoms with Crippen molar-refractivity contribution in [1.29, 1.82) is 0 Å². The van der Waals surface area contributed by atoms with E-state index in [4.69, 9.17) is 9.47 Å². The number of carboxylic acids is 1. The molecule has 2 aliphatic rings. The number of nitrogens with zero attached hydrogens (tertiary/aromatic N) is 1. The molecule has 1 aliphatic heterocycles. The van der Waals surface area contributed by atoms with Crippen LogP contribution in [0.5, 0.6) is 0 Å². The number of hydrogen-bond acceptors (Lipinski definition) is 5. The molecule has 8 heteroatoms. The van der Waals surface area contributed by atoms with Gasteiger partial charge in [-0.05, 0) is 28.7 Å². The predicted molar refractivity (Wildman–Crippen MR) is 125 cm³/mol. The summed E-state index contributed by atoms with van der Waals surface area (Å²) in [6, 6.07) is 14.8. The highest BCUT2D eigenvalue weighted by molar-refractivity contribution is 5.84. The molecule has 0 spiro atoms. The fourth-order valence-corrected chi connectivity index (χ4v) is 4.82. The topological polar surface area (TPSA) is 105 Å². The first-order valence-corrected chi connectivity index (χ1v) is 11.7. The number of benzene rings is 2. The molecule has 2 amide bonds. The maximum absolute atomic E-state index is 12.8. The molecule has 2 aromatic rings. The van der Waals surface area contributed by atoms with Gasteiger partial charge in [-0.3, -0.25) is 4.79 Å². The zero-order chi connectivity index (χ0) is 24.1. The van der Waals surface area contributed by atoms with Gasteiger partial charge in [-0.15, -0.1) is 0 Å². The molecule has 0 aromatic heterocycles. The summed E-state index contributed by atoms with van der Waals surface area (Å²) < 4.78 is 10.8. The molecule has 4 rings (SSSR count). The molecule has 180 valence electrons. The standard InChI is InChI=1S/C26H30N2O6/c1-2-7-17(14-24(29)28-12-13-33-16-23(28)25(30)31)27-26(32)34-15-22-20-10-5-3-8-18(20)19-9-4-6-11-21(19)22/h3-6,8-11,17,22-23H,2,7,12-16H2,1H3,(H,27,32)(H,30,31)/t17-,23?/m0/s1. The van der Waals surface area contributed by atoms with Crippen molar-refractivity contribution in [2.24, 2.45) is 0 Å². The van der Waals surface area contributed by atoms with Crippen LogP contribution in [0.15, 0.2) is 48.5 Å². The lowest BCUT2D eigenvalue weighted by molar-refractivity contribution is -0.158. The van der Waals surface area contributed by atoms with Crippen LogP contribution in [-0.2, 0) is 19.1 Å². The summed E-state index contributed by atoms with van der Waals surface area (Å²) in [6.45, 7) is 2.65. The Labute approximate surface area is 198 Å². The molecule has 0 saturated carbocycles. The highest BCUT2D eigenvalue weighted by Gasteiger charge is 2.34. The zero-order valence-electron chi connectivity index (χ0n) is 19.2. The van der Waals surface area contributed by atoms with Gasteiger partial charge in [0, 0.05) is 24.9 Å². The maximum atomic E-state index is 12.8. The van der Waals surface area contributed by atoms with Crippen LogP contribution >= 0.6 is 0 Å². The lowest BCUT2D eigenvalue weighted by Gasteiger charge is -2.34. The van der Waals surface area contributed by atoms with Gasteiger partial charge in [-0.25, -0.2) is 9.59 Å². The van der Waals surface area contributed by atoms with Gasteiger partial charge < -0.3 is 24.8 Å². The van der Waals surface area contributed by atoms with E-state index in [1.54, 1.807) is 0 Å². The minimum atomic E-state index is -1.09. The molecular formula is C26H30N2O6. The predicted octanol–water partition coefficient (Wildman–Crippen LogP) is 3.40. The minimum absolute atomic E-state index is 0.0157. The van der Waals surface area contributed by atoms with Crippen molar-refractivity contribution < 1.29 is 29.0 Å². The molecule has 8 nitrogen and oxygen atoms in total. The molecule has 1 fully saturated rings. The smallest absolute Gasteiger partial charge is 0.407 e. The number of aliphatic carboxylic acids is 1. The second kappa shape index (κ2) is 10.7. The van der Waals surface area contributed by atoms with Crippen LogP contribution in [0.1, 0.15) is 43.2 Å². The first-order valence-electron chi connectivity index (χ1n) is 11.7. The average Bonchev–Trinajstić information content (AvgIpc) is 3.16. The minimum Gasteiger partial charge on any atom is -0.480 e. The zero-order valence-corrected chi connectivity index (χ0v) is 19.2. The van der Waals surface area contributed by atoms with Crippen molar-refractivity contribution in [3.05, 3.63) is 59.7 Å². The van der Waals surface area contributed by atoms with E-state index in [1.165, 1.54) is 4.90 Å². The molecule has 2 aromatic carbocycles. The highest BCUT2D eigenvalue weighted by Crippen LogP contribution is 2.44. The number of nitrogens with one attached hydrogen (secondary N) is 1. The molecule has 1 saturated heterocycles. The molecule has 0 bridgehead atoms. The molecule has 1 unspecified atom stereocenters. The highest BCUT2D eigenvalue weighted by atomic mass is 16.5. The van der Waals surface area contributed by atoms with Gasteiger partial charge in [0.2, 0.25) is 5.91 Å². The molecule has 34 heavy (non-hydrogen) atoms. The number of ether oxygens (including phenoxy) is 2. The average molecular weight is 467 g/mol. The monoisotopic (exact) mass is 466 g/mol. The lowest BCUT2D eigenvalue weighted by atomic mass is 9.98. The second-order valence-corrected chi connectivity index (χ2v) is 8.68. The third-order valence-electron chi connectivity index (χ3n) is 6.46. The Morgan fingerprint density at radius 1 is 1.12 bits per heavy atom. The van der Waals surface area contributed by atoms with E-state index in [0.717, 1.165) is 28.7 Å². The third-order valence-corrected chi connectivity index (χ3v) is 6.46. The summed E-state index contributed by atoms with van der Waals surface area (Å²) in [5, 5.41) is 12.2. The SMILES string of the molecule is CCC[C@@H](CC(=O)N1CCOCC1C(=O)O)NC(=O)OCC1c2ccccc2-c2ccccc21. The fraction of sp³-hybridized carbons (Fsp3) is 0.423. The Morgan fingerprint density at radius 3 is 2.38 bits per heavy atom.